The molecule has 1 aliphatic rings. The van der Waals surface area contributed by atoms with E-state index in [1.54, 1.807) is 6.07 Å². The third kappa shape index (κ3) is 3.45. The normalized spacial score (nSPS) is 20.4. The SMILES string of the molecule is Cn1cc2c(c1C(=O)Nc1ccc(F)c(C#N)c1)OCC(C)(CO)NS2(=O)=O. The van der Waals surface area contributed by atoms with Gasteiger partial charge in [0.25, 0.3) is 5.91 Å². The van der Waals surface area contributed by atoms with Gasteiger partial charge in [-0.25, -0.2) is 12.8 Å². The molecule has 11 heteroatoms. The standard InChI is InChI=1S/C17H17FN4O5S/c1-17(8-23)9-27-15-13(28(25,26)21-17)7-22(2)14(15)16(24)20-11-3-4-12(18)10(5-11)6-19/h3-5,7,21,23H,8-9H2,1-2H3,(H,20,24). The van der Waals surface area contributed by atoms with Crippen molar-refractivity contribution in [3.8, 4) is 11.8 Å². The maximum absolute atomic E-state index is 13.5. The predicted octanol–water partition coefficient (Wildman–Crippen LogP) is 0.710. The Bertz CT molecular complexity index is 1110. The lowest BCUT2D eigenvalue weighted by Crippen LogP contribution is -2.51. The number of aliphatic hydroxyl groups excluding tert-OH is 1. The molecule has 148 valence electrons. The number of nitriles is 1. The van der Waals surface area contributed by atoms with E-state index in [9.17, 15) is 22.7 Å². The van der Waals surface area contributed by atoms with Gasteiger partial charge in [-0.3, -0.25) is 4.79 Å². The first-order chi connectivity index (χ1) is 13.1. The minimum absolute atomic E-state index is 0.0783. The number of aryl methyl sites for hydroxylation is 1. The van der Waals surface area contributed by atoms with Gasteiger partial charge in [0.05, 0.1) is 17.7 Å². The van der Waals surface area contributed by atoms with Crippen LogP contribution >= 0.6 is 0 Å². The number of fused-ring (bicyclic) bond motifs is 1. The van der Waals surface area contributed by atoms with E-state index >= 15 is 0 Å². The van der Waals surface area contributed by atoms with Gasteiger partial charge in [0.15, 0.2) is 11.4 Å². The van der Waals surface area contributed by atoms with Gasteiger partial charge in [0.1, 0.15) is 23.4 Å². The van der Waals surface area contributed by atoms with Gasteiger partial charge in [0, 0.05) is 18.9 Å². The second kappa shape index (κ2) is 6.90. The lowest BCUT2D eigenvalue weighted by Gasteiger charge is -2.25. The molecule has 3 rings (SSSR count). The minimum Gasteiger partial charge on any atom is -0.488 e. The molecule has 1 aromatic carbocycles. The minimum atomic E-state index is -4.05. The quantitative estimate of drug-likeness (QED) is 0.685. The Labute approximate surface area is 160 Å². The van der Waals surface area contributed by atoms with Crippen LogP contribution in [0.15, 0.2) is 29.3 Å². The van der Waals surface area contributed by atoms with E-state index in [2.05, 4.69) is 10.0 Å². The van der Waals surface area contributed by atoms with E-state index in [0.29, 0.717) is 0 Å². The number of benzene rings is 1. The van der Waals surface area contributed by atoms with Crippen LogP contribution in [0.4, 0.5) is 10.1 Å². The zero-order valence-corrected chi connectivity index (χ0v) is 15.8. The topological polar surface area (TPSA) is 133 Å². The third-order valence-electron chi connectivity index (χ3n) is 4.22. The summed E-state index contributed by atoms with van der Waals surface area (Å²) in [6.07, 6.45) is 1.22. The number of hydrogen-bond donors (Lipinski definition) is 3. The Morgan fingerprint density at radius 1 is 1.54 bits per heavy atom. The number of aromatic nitrogens is 1. The Morgan fingerprint density at radius 3 is 2.89 bits per heavy atom. The molecule has 0 saturated carbocycles. The molecule has 0 bridgehead atoms. The molecule has 0 saturated heterocycles. The number of nitrogens with zero attached hydrogens (tertiary/aromatic N) is 2. The van der Waals surface area contributed by atoms with Crippen LogP contribution in [0.1, 0.15) is 23.0 Å². The second-order valence-corrected chi connectivity index (χ2v) is 8.31. The molecule has 1 amide bonds. The monoisotopic (exact) mass is 408 g/mol. The first-order valence-electron chi connectivity index (χ1n) is 8.08. The van der Waals surface area contributed by atoms with Gasteiger partial charge in [-0.05, 0) is 25.1 Å². The molecule has 0 spiro atoms. The van der Waals surface area contributed by atoms with Crippen molar-refractivity contribution < 1.29 is 27.4 Å². The fraction of sp³-hybridized carbons (Fsp3) is 0.294. The summed E-state index contributed by atoms with van der Waals surface area (Å²) >= 11 is 0. The van der Waals surface area contributed by atoms with Gasteiger partial charge in [-0.15, -0.1) is 0 Å². The summed E-state index contributed by atoms with van der Waals surface area (Å²) in [5.41, 5.74) is -1.42. The molecule has 0 aliphatic carbocycles. The zero-order valence-electron chi connectivity index (χ0n) is 15.0. The highest BCUT2D eigenvalue weighted by atomic mass is 32.2. The van der Waals surface area contributed by atoms with Crippen molar-refractivity contribution in [1.82, 2.24) is 9.29 Å². The number of aliphatic hydroxyl groups is 1. The smallest absolute Gasteiger partial charge is 0.276 e. The van der Waals surface area contributed by atoms with Crippen molar-refractivity contribution in [3.05, 3.63) is 41.5 Å². The van der Waals surface area contributed by atoms with Crippen molar-refractivity contribution in [2.24, 2.45) is 7.05 Å². The number of amides is 1. The number of halogens is 1. The van der Waals surface area contributed by atoms with Crippen LogP contribution in [0.5, 0.6) is 5.75 Å². The van der Waals surface area contributed by atoms with Crippen LogP contribution in [0.2, 0.25) is 0 Å². The van der Waals surface area contributed by atoms with E-state index in [4.69, 9.17) is 10.00 Å². The molecule has 1 unspecified atom stereocenters. The Morgan fingerprint density at radius 2 is 2.25 bits per heavy atom. The van der Waals surface area contributed by atoms with Crippen molar-refractivity contribution >= 4 is 21.6 Å². The summed E-state index contributed by atoms with van der Waals surface area (Å²) in [5, 5.41) is 20.9. The van der Waals surface area contributed by atoms with Gasteiger partial charge >= 0.3 is 0 Å². The lowest BCUT2D eigenvalue weighted by atomic mass is 10.1. The average Bonchev–Trinajstić information content (AvgIpc) is 2.94. The van der Waals surface area contributed by atoms with Crippen LogP contribution in [-0.2, 0) is 17.1 Å². The molecule has 2 aromatic rings. The van der Waals surface area contributed by atoms with Gasteiger partial charge in [0.2, 0.25) is 10.0 Å². The van der Waals surface area contributed by atoms with E-state index in [1.807, 2.05) is 0 Å². The Hall–Kier alpha value is -2.94. The molecule has 9 nitrogen and oxygen atoms in total. The van der Waals surface area contributed by atoms with E-state index < -0.39 is 33.9 Å². The number of rotatable bonds is 3. The molecule has 0 radical (unpaired) electrons. The van der Waals surface area contributed by atoms with E-state index in [-0.39, 0.29) is 34.2 Å². The van der Waals surface area contributed by atoms with Crippen LogP contribution in [-0.4, -0.2) is 42.8 Å². The fourth-order valence-electron chi connectivity index (χ4n) is 2.77. The van der Waals surface area contributed by atoms with Crippen LogP contribution < -0.4 is 14.8 Å². The number of hydrogen-bond acceptors (Lipinski definition) is 6. The van der Waals surface area contributed by atoms with Crippen LogP contribution in [0.3, 0.4) is 0 Å². The van der Waals surface area contributed by atoms with Crippen molar-refractivity contribution in [1.29, 1.82) is 5.26 Å². The second-order valence-electron chi connectivity index (χ2n) is 6.66. The summed E-state index contributed by atoms with van der Waals surface area (Å²) in [6.45, 7) is 0.768. The third-order valence-corrected chi connectivity index (χ3v) is 5.85. The van der Waals surface area contributed by atoms with E-state index in [0.717, 1.165) is 12.1 Å². The fourth-order valence-corrected chi connectivity index (χ4v) is 4.35. The number of carbonyl (C=O) groups excluding carboxylic acids is 1. The van der Waals surface area contributed by atoms with Gasteiger partial charge in [-0.1, -0.05) is 0 Å². The first-order valence-corrected chi connectivity index (χ1v) is 9.56. The Kier molecular flexibility index (Phi) is 4.88. The maximum atomic E-state index is 13.5. The zero-order chi connectivity index (χ0) is 20.7. The molecule has 3 N–H and O–H groups in total. The largest absolute Gasteiger partial charge is 0.488 e. The highest BCUT2D eigenvalue weighted by Gasteiger charge is 2.39. The number of sulfonamides is 1. The molecule has 0 fully saturated rings. The first kappa shape index (κ1) is 19.8. The maximum Gasteiger partial charge on any atom is 0.276 e. The predicted molar refractivity (Wildman–Crippen MR) is 95.8 cm³/mol. The van der Waals surface area contributed by atoms with Crippen molar-refractivity contribution in [2.45, 2.75) is 17.4 Å². The van der Waals surface area contributed by atoms with Gasteiger partial charge < -0.3 is 19.7 Å². The summed E-state index contributed by atoms with van der Waals surface area (Å²) in [6, 6.07) is 5.15. The van der Waals surface area contributed by atoms with Crippen LogP contribution in [0.25, 0.3) is 0 Å². The van der Waals surface area contributed by atoms with Crippen molar-refractivity contribution in [3.63, 3.8) is 0 Å². The number of ether oxygens (including phenoxy) is 1. The molecule has 28 heavy (non-hydrogen) atoms. The number of nitrogens with one attached hydrogen (secondary N) is 2. The van der Waals surface area contributed by atoms with E-state index in [1.165, 1.54) is 30.8 Å². The molecule has 1 atom stereocenters. The molecular weight excluding hydrogens is 391 g/mol. The number of carbonyl (C=O) groups is 1. The highest BCUT2D eigenvalue weighted by molar-refractivity contribution is 7.89. The summed E-state index contributed by atoms with van der Waals surface area (Å²) in [4.78, 5) is 12.5. The molecule has 1 aliphatic heterocycles. The number of anilines is 1. The van der Waals surface area contributed by atoms with Crippen LogP contribution in [0, 0.1) is 17.1 Å². The summed E-state index contributed by atoms with van der Waals surface area (Å²) < 4.78 is 47.9. The van der Waals surface area contributed by atoms with Gasteiger partial charge in [-0.2, -0.15) is 9.98 Å². The average molecular weight is 408 g/mol. The lowest BCUT2D eigenvalue weighted by molar-refractivity contribution is 0.100. The Balaban J connectivity index is 2.00. The van der Waals surface area contributed by atoms with Crippen molar-refractivity contribution in [2.75, 3.05) is 18.5 Å². The summed E-state index contributed by atoms with van der Waals surface area (Å²) in [7, 11) is -2.58. The molecule has 2 heterocycles. The molecule has 1 aromatic heterocycles. The highest BCUT2D eigenvalue weighted by Crippen LogP contribution is 2.34. The summed E-state index contributed by atoms with van der Waals surface area (Å²) in [5.74, 6) is -1.59. The molecular formula is C17H17FN4O5S.